The molecule has 0 aliphatic heterocycles. The normalized spacial score (nSPS) is 10.7. The third-order valence-corrected chi connectivity index (χ3v) is 4.07. The van der Waals surface area contributed by atoms with Gasteiger partial charge in [0.1, 0.15) is 0 Å². The smallest absolute Gasteiger partial charge is 0.259 e. The van der Waals surface area contributed by atoms with Crippen LogP contribution in [0.2, 0.25) is 10.0 Å². The molecule has 8 heteroatoms. The van der Waals surface area contributed by atoms with Crippen LogP contribution in [-0.4, -0.2) is 29.8 Å². The van der Waals surface area contributed by atoms with Gasteiger partial charge in [0.25, 0.3) is 5.89 Å². The van der Waals surface area contributed by atoms with Gasteiger partial charge in [0, 0.05) is 23.4 Å². The molecule has 0 saturated heterocycles. The molecule has 0 bridgehead atoms. The van der Waals surface area contributed by atoms with Gasteiger partial charge in [0.15, 0.2) is 0 Å². The topological polar surface area (TPSA) is 77.2 Å². The van der Waals surface area contributed by atoms with Gasteiger partial charge in [0.2, 0.25) is 11.7 Å². The van der Waals surface area contributed by atoms with Crippen LogP contribution in [0.5, 0.6) is 0 Å². The van der Waals surface area contributed by atoms with Crippen molar-refractivity contribution in [2.45, 2.75) is 6.42 Å². The number of hydrogen-bond acceptors (Lipinski definition) is 5. The number of benzene rings is 2. The first-order valence-electron chi connectivity index (χ1n) is 7.75. The summed E-state index contributed by atoms with van der Waals surface area (Å²) in [5, 5.41) is 7.73. The van der Waals surface area contributed by atoms with E-state index in [4.69, 9.17) is 32.5 Å². The molecule has 1 aromatic heterocycles. The maximum atomic E-state index is 11.8. The van der Waals surface area contributed by atoms with Crippen LogP contribution in [0.15, 0.2) is 47.0 Å². The van der Waals surface area contributed by atoms with Gasteiger partial charge in [0.05, 0.1) is 23.6 Å². The zero-order valence-electron chi connectivity index (χ0n) is 13.8. The van der Waals surface area contributed by atoms with Crippen molar-refractivity contribution in [2.75, 3.05) is 19.0 Å². The minimum absolute atomic E-state index is 0.134. The van der Waals surface area contributed by atoms with Gasteiger partial charge in [-0.25, -0.2) is 0 Å². The molecule has 1 N–H and O–H groups in total. The molecule has 0 saturated carbocycles. The molecule has 1 amide bonds. The Labute approximate surface area is 160 Å². The van der Waals surface area contributed by atoms with Crippen LogP contribution in [0.4, 0.5) is 5.69 Å². The number of carbonyl (C=O) groups is 1. The molecule has 6 nitrogen and oxygen atoms in total. The molecular formula is C18H15Cl2N3O3. The number of rotatable bonds is 6. The van der Waals surface area contributed by atoms with E-state index in [2.05, 4.69) is 15.5 Å². The lowest BCUT2D eigenvalue weighted by molar-refractivity contribution is -0.117. The Kier molecular flexibility index (Phi) is 5.88. The minimum Gasteiger partial charge on any atom is -0.384 e. The van der Waals surface area contributed by atoms with Crippen LogP contribution >= 0.6 is 23.2 Å². The van der Waals surface area contributed by atoms with Crippen molar-refractivity contribution in [2.24, 2.45) is 0 Å². The lowest BCUT2D eigenvalue weighted by Gasteiger charge is -2.05. The first-order chi connectivity index (χ1) is 12.6. The van der Waals surface area contributed by atoms with Crippen molar-refractivity contribution in [1.29, 1.82) is 0 Å². The molecule has 0 spiro atoms. The van der Waals surface area contributed by atoms with E-state index in [0.717, 1.165) is 0 Å². The molecule has 0 unspecified atom stereocenters. The fraction of sp³-hybridized carbons (Fsp3) is 0.167. The van der Waals surface area contributed by atoms with Crippen LogP contribution < -0.4 is 5.32 Å². The van der Waals surface area contributed by atoms with E-state index >= 15 is 0 Å². The Morgan fingerprint density at radius 2 is 2.08 bits per heavy atom. The monoisotopic (exact) mass is 391 g/mol. The van der Waals surface area contributed by atoms with Gasteiger partial charge >= 0.3 is 0 Å². The number of hydrogen-bond donors (Lipinski definition) is 1. The Bertz CT molecular complexity index is 928. The fourth-order valence-electron chi connectivity index (χ4n) is 2.27. The minimum atomic E-state index is -0.134. The molecule has 0 aliphatic carbocycles. The average molecular weight is 392 g/mol. The summed E-state index contributed by atoms with van der Waals surface area (Å²) < 4.78 is 10.2. The van der Waals surface area contributed by atoms with Crippen molar-refractivity contribution in [3.05, 3.63) is 52.5 Å². The lowest BCUT2D eigenvalue weighted by atomic mass is 10.2. The number of aromatic nitrogens is 2. The van der Waals surface area contributed by atoms with Crippen molar-refractivity contribution >= 4 is 34.8 Å². The first kappa shape index (κ1) is 18.4. The third-order valence-electron chi connectivity index (χ3n) is 3.53. The van der Waals surface area contributed by atoms with Gasteiger partial charge in [-0.15, -0.1) is 0 Å². The fourth-order valence-corrected chi connectivity index (χ4v) is 2.76. The highest BCUT2D eigenvalue weighted by Gasteiger charge is 2.14. The van der Waals surface area contributed by atoms with Gasteiger partial charge in [-0.1, -0.05) is 40.5 Å². The molecule has 2 aromatic carbocycles. The second-order valence-electron chi connectivity index (χ2n) is 5.42. The highest BCUT2D eigenvalue weighted by Crippen LogP contribution is 2.30. The van der Waals surface area contributed by atoms with Gasteiger partial charge in [-0.3, -0.25) is 4.79 Å². The highest BCUT2D eigenvalue weighted by molar-refractivity contribution is 6.36. The number of carbonyl (C=O) groups excluding carboxylic acids is 1. The Morgan fingerprint density at radius 3 is 2.85 bits per heavy atom. The molecule has 0 atom stereocenters. The first-order valence-corrected chi connectivity index (χ1v) is 8.51. The lowest BCUT2D eigenvalue weighted by Crippen LogP contribution is -2.13. The number of nitrogens with zero attached hydrogens (tertiary/aromatic N) is 2. The summed E-state index contributed by atoms with van der Waals surface area (Å²) in [6.07, 6.45) is 0.280. The summed E-state index contributed by atoms with van der Waals surface area (Å²) in [7, 11) is 1.55. The molecule has 0 aliphatic rings. The second kappa shape index (κ2) is 8.31. The quantitative estimate of drug-likeness (QED) is 0.659. The number of amides is 1. The molecule has 0 radical (unpaired) electrons. The Hall–Kier alpha value is -2.41. The number of nitrogens with one attached hydrogen (secondary N) is 1. The molecule has 134 valence electrons. The largest absolute Gasteiger partial charge is 0.384 e. The van der Waals surface area contributed by atoms with Crippen molar-refractivity contribution in [3.8, 4) is 22.8 Å². The Morgan fingerprint density at radius 1 is 1.23 bits per heavy atom. The summed E-state index contributed by atoms with van der Waals surface area (Å²) in [6.45, 7) is 0.363. The van der Waals surface area contributed by atoms with E-state index in [0.29, 0.717) is 39.3 Å². The van der Waals surface area contributed by atoms with Crippen LogP contribution in [0.1, 0.15) is 6.42 Å². The van der Waals surface area contributed by atoms with Crippen LogP contribution in [0, 0.1) is 0 Å². The van der Waals surface area contributed by atoms with E-state index in [9.17, 15) is 4.79 Å². The van der Waals surface area contributed by atoms with Crippen LogP contribution in [0.25, 0.3) is 22.8 Å². The second-order valence-corrected chi connectivity index (χ2v) is 6.26. The number of halogens is 2. The Balaban J connectivity index is 1.81. The standard InChI is InChI=1S/C18H15Cl2N3O3/c1-25-8-7-16(24)21-13-4-2-3-11(9-13)17-22-18(26-23-17)14-6-5-12(19)10-15(14)20/h2-6,9-10H,7-8H2,1H3,(H,21,24). The van der Waals surface area contributed by atoms with E-state index in [1.54, 1.807) is 43.5 Å². The zero-order chi connectivity index (χ0) is 18.5. The maximum Gasteiger partial charge on any atom is 0.259 e. The van der Waals surface area contributed by atoms with E-state index in [-0.39, 0.29) is 18.2 Å². The van der Waals surface area contributed by atoms with Gasteiger partial charge in [-0.2, -0.15) is 4.98 Å². The maximum absolute atomic E-state index is 11.8. The van der Waals surface area contributed by atoms with E-state index in [1.165, 1.54) is 0 Å². The zero-order valence-corrected chi connectivity index (χ0v) is 15.3. The number of ether oxygens (including phenoxy) is 1. The summed E-state index contributed by atoms with van der Waals surface area (Å²) >= 11 is 12.1. The summed E-state index contributed by atoms with van der Waals surface area (Å²) in [4.78, 5) is 16.2. The van der Waals surface area contributed by atoms with E-state index < -0.39 is 0 Å². The van der Waals surface area contributed by atoms with Crippen molar-refractivity contribution in [3.63, 3.8) is 0 Å². The molecule has 3 aromatic rings. The van der Waals surface area contributed by atoms with Crippen LogP contribution in [-0.2, 0) is 9.53 Å². The molecule has 1 heterocycles. The molecule has 26 heavy (non-hydrogen) atoms. The predicted molar refractivity (Wildman–Crippen MR) is 100 cm³/mol. The van der Waals surface area contributed by atoms with Gasteiger partial charge in [-0.05, 0) is 30.3 Å². The van der Waals surface area contributed by atoms with Gasteiger partial charge < -0.3 is 14.6 Å². The molecule has 0 fully saturated rings. The summed E-state index contributed by atoms with van der Waals surface area (Å²) in [5.41, 5.74) is 1.94. The summed E-state index contributed by atoms with van der Waals surface area (Å²) in [5.74, 6) is 0.543. The van der Waals surface area contributed by atoms with E-state index in [1.807, 2.05) is 6.07 Å². The average Bonchev–Trinajstić information content (AvgIpc) is 3.10. The predicted octanol–water partition coefficient (Wildman–Crippen LogP) is 4.69. The third kappa shape index (κ3) is 4.40. The number of anilines is 1. The van der Waals surface area contributed by atoms with Crippen molar-refractivity contribution in [1.82, 2.24) is 10.1 Å². The molecular weight excluding hydrogens is 377 g/mol. The van der Waals surface area contributed by atoms with Crippen molar-refractivity contribution < 1.29 is 14.1 Å². The summed E-state index contributed by atoms with van der Waals surface area (Å²) in [6, 6.07) is 12.2. The number of methoxy groups -OCH3 is 1. The molecule has 3 rings (SSSR count). The SMILES string of the molecule is COCCC(=O)Nc1cccc(-c2noc(-c3ccc(Cl)cc3Cl)n2)c1. The van der Waals surface area contributed by atoms with Crippen LogP contribution in [0.3, 0.4) is 0 Å². The highest BCUT2D eigenvalue weighted by atomic mass is 35.5.